The van der Waals surface area contributed by atoms with Crippen LogP contribution in [0.1, 0.15) is 11.1 Å². The summed E-state index contributed by atoms with van der Waals surface area (Å²) in [5.41, 5.74) is 2.46. The molecular weight excluding hydrogens is 352 g/mol. The van der Waals surface area contributed by atoms with Crippen LogP contribution in [-0.2, 0) is 0 Å². The predicted molar refractivity (Wildman–Crippen MR) is 99.2 cm³/mol. The van der Waals surface area contributed by atoms with Gasteiger partial charge in [-0.05, 0) is 30.7 Å². The van der Waals surface area contributed by atoms with Crippen molar-refractivity contribution in [3.8, 4) is 11.4 Å². The van der Waals surface area contributed by atoms with Crippen LogP contribution in [-0.4, -0.2) is 19.5 Å². The molecule has 0 amide bonds. The maximum absolute atomic E-state index is 12.8. The van der Waals surface area contributed by atoms with Gasteiger partial charge in [-0.2, -0.15) is 0 Å². The van der Waals surface area contributed by atoms with Crippen molar-refractivity contribution in [3.63, 3.8) is 0 Å². The van der Waals surface area contributed by atoms with Crippen molar-refractivity contribution in [2.75, 3.05) is 0 Å². The van der Waals surface area contributed by atoms with E-state index in [-0.39, 0.29) is 11.2 Å². The highest BCUT2D eigenvalue weighted by Gasteiger charge is 2.14. The van der Waals surface area contributed by atoms with Gasteiger partial charge in [0.2, 0.25) is 4.96 Å². The average Bonchev–Trinajstić information content (AvgIpc) is 3.17. The van der Waals surface area contributed by atoms with Gasteiger partial charge < -0.3 is 0 Å². The molecule has 2 aromatic heterocycles. The van der Waals surface area contributed by atoms with E-state index in [0.717, 1.165) is 11.1 Å². The number of non-ortho nitro benzene ring substituents is 1. The molecule has 2 aromatic carbocycles. The topological polar surface area (TPSA) is 90.4 Å². The predicted octanol–water partition coefficient (Wildman–Crippen LogP) is 2.58. The molecule has 0 N–H and O–H groups in total. The van der Waals surface area contributed by atoms with Gasteiger partial charge in [0.25, 0.3) is 11.2 Å². The lowest BCUT2D eigenvalue weighted by Gasteiger charge is -1.97. The lowest BCUT2D eigenvalue weighted by molar-refractivity contribution is -0.384. The Morgan fingerprint density at radius 2 is 1.77 bits per heavy atom. The normalized spacial score (nSPS) is 12.0. The highest BCUT2D eigenvalue weighted by Crippen LogP contribution is 2.18. The molecule has 0 fully saturated rings. The SMILES string of the molecule is Cc1ccc(-c2nnc3sc(=Cc4ccc([N+](=O)[O-])cc4)c(=O)n23)cc1. The summed E-state index contributed by atoms with van der Waals surface area (Å²) < 4.78 is 1.99. The zero-order valence-electron chi connectivity index (χ0n) is 13.6. The number of aryl methyl sites for hydroxylation is 1. The standard InChI is InChI=1S/C18H12N4O3S/c1-11-2-6-13(7-3-11)16-19-20-18-21(16)17(23)15(26-18)10-12-4-8-14(9-5-12)22(24)25/h2-10H,1H3. The largest absolute Gasteiger partial charge is 0.276 e. The summed E-state index contributed by atoms with van der Waals surface area (Å²) in [4.78, 5) is 23.6. The number of nitro groups is 1. The van der Waals surface area contributed by atoms with Crippen LogP contribution < -0.4 is 10.1 Å². The van der Waals surface area contributed by atoms with E-state index in [1.807, 2.05) is 31.2 Å². The van der Waals surface area contributed by atoms with Crippen molar-refractivity contribution >= 4 is 28.1 Å². The van der Waals surface area contributed by atoms with Gasteiger partial charge in [0.1, 0.15) is 0 Å². The van der Waals surface area contributed by atoms with Crippen LogP contribution >= 0.6 is 11.3 Å². The summed E-state index contributed by atoms with van der Waals surface area (Å²) in [5, 5.41) is 19.0. The van der Waals surface area contributed by atoms with Gasteiger partial charge in [-0.15, -0.1) is 10.2 Å². The molecule has 0 saturated heterocycles. The molecular formula is C18H12N4O3S. The summed E-state index contributed by atoms with van der Waals surface area (Å²) in [6.45, 7) is 1.99. The van der Waals surface area contributed by atoms with Crippen molar-refractivity contribution in [3.05, 3.63) is 84.7 Å². The minimum absolute atomic E-state index is 0.0105. The Morgan fingerprint density at radius 1 is 1.08 bits per heavy atom. The molecule has 0 bridgehead atoms. The summed E-state index contributed by atoms with van der Waals surface area (Å²) in [7, 11) is 0. The smallest absolute Gasteiger partial charge is 0.267 e. The second-order valence-corrected chi connectivity index (χ2v) is 6.78. The molecule has 128 valence electrons. The van der Waals surface area contributed by atoms with E-state index in [1.165, 1.54) is 27.9 Å². The van der Waals surface area contributed by atoms with Crippen LogP contribution in [0.4, 0.5) is 5.69 Å². The Balaban J connectivity index is 1.82. The first kappa shape index (κ1) is 16.1. The lowest BCUT2D eigenvalue weighted by Crippen LogP contribution is -2.23. The Kier molecular flexibility index (Phi) is 3.81. The van der Waals surface area contributed by atoms with Gasteiger partial charge in [0.15, 0.2) is 5.82 Å². The van der Waals surface area contributed by atoms with Crippen molar-refractivity contribution < 1.29 is 4.92 Å². The molecule has 4 aromatic rings. The van der Waals surface area contributed by atoms with Gasteiger partial charge in [-0.3, -0.25) is 14.9 Å². The summed E-state index contributed by atoms with van der Waals surface area (Å²) >= 11 is 1.24. The number of benzene rings is 2. The van der Waals surface area contributed by atoms with Crippen LogP contribution in [0.15, 0.2) is 53.3 Å². The molecule has 0 aliphatic heterocycles. The zero-order valence-corrected chi connectivity index (χ0v) is 14.4. The molecule has 26 heavy (non-hydrogen) atoms. The maximum atomic E-state index is 12.8. The molecule has 0 unspecified atom stereocenters. The Bertz CT molecular complexity index is 1220. The Hall–Kier alpha value is -3.39. The molecule has 0 aliphatic rings. The first-order valence-electron chi connectivity index (χ1n) is 7.74. The van der Waals surface area contributed by atoms with Gasteiger partial charge in [-0.1, -0.05) is 41.2 Å². The maximum Gasteiger partial charge on any atom is 0.276 e. The first-order chi connectivity index (χ1) is 12.5. The molecule has 8 heteroatoms. The van der Waals surface area contributed by atoms with Gasteiger partial charge in [0.05, 0.1) is 9.46 Å². The van der Waals surface area contributed by atoms with E-state index in [1.54, 1.807) is 18.2 Å². The monoisotopic (exact) mass is 364 g/mol. The molecule has 0 saturated carbocycles. The van der Waals surface area contributed by atoms with Crippen LogP contribution in [0.25, 0.3) is 22.4 Å². The number of thiazole rings is 1. The second kappa shape index (κ2) is 6.16. The Morgan fingerprint density at radius 3 is 2.42 bits per heavy atom. The molecule has 0 aliphatic carbocycles. The number of hydrogen-bond acceptors (Lipinski definition) is 6. The summed E-state index contributed by atoms with van der Waals surface area (Å²) in [6, 6.07) is 13.8. The average molecular weight is 364 g/mol. The van der Waals surface area contributed by atoms with E-state index >= 15 is 0 Å². The summed E-state index contributed by atoms with van der Waals surface area (Å²) in [6.07, 6.45) is 1.70. The molecule has 2 heterocycles. The number of hydrogen-bond donors (Lipinski definition) is 0. The van der Waals surface area contributed by atoms with Crippen molar-refractivity contribution in [2.24, 2.45) is 0 Å². The highest BCUT2D eigenvalue weighted by atomic mass is 32.1. The third kappa shape index (κ3) is 2.76. The zero-order chi connectivity index (χ0) is 18.3. The number of rotatable bonds is 3. The van der Waals surface area contributed by atoms with Gasteiger partial charge in [0, 0.05) is 17.7 Å². The minimum Gasteiger partial charge on any atom is -0.267 e. The molecule has 0 radical (unpaired) electrons. The van der Waals surface area contributed by atoms with E-state index in [4.69, 9.17) is 0 Å². The van der Waals surface area contributed by atoms with Crippen LogP contribution in [0.5, 0.6) is 0 Å². The highest BCUT2D eigenvalue weighted by molar-refractivity contribution is 7.15. The van der Waals surface area contributed by atoms with Crippen LogP contribution in [0, 0.1) is 17.0 Å². The lowest BCUT2D eigenvalue weighted by atomic mass is 10.1. The Labute approximate surface area is 151 Å². The fourth-order valence-corrected chi connectivity index (χ4v) is 3.51. The molecule has 4 rings (SSSR count). The summed E-state index contributed by atoms with van der Waals surface area (Å²) in [5.74, 6) is 0.504. The number of nitro benzene ring substituents is 1. The number of fused-ring (bicyclic) bond motifs is 1. The van der Waals surface area contributed by atoms with E-state index < -0.39 is 4.92 Å². The number of aromatic nitrogens is 3. The molecule has 7 nitrogen and oxygen atoms in total. The fourth-order valence-electron chi connectivity index (χ4n) is 2.60. The van der Waals surface area contributed by atoms with Crippen LogP contribution in [0.2, 0.25) is 0 Å². The number of nitrogens with zero attached hydrogens (tertiary/aromatic N) is 4. The third-order valence-electron chi connectivity index (χ3n) is 3.96. The third-order valence-corrected chi connectivity index (χ3v) is 4.92. The van der Waals surface area contributed by atoms with E-state index in [9.17, 15) is 14.9 Å². The van der Waals surface area contributed by atoms with Gasteiger partial charge >= 0.3 is 0 Å². The van der Waals surface area contributed by atoms with Crippen molar-refractivity contribution in [2.45, 2.75) is 6.92 Å². The fraction of sp³-hybridized carbons (Fsp3) is 0.0556. The van der Waals surface area contributed by atoms with Crippen molar-refractivity contribution in [1.29, 1.82) is 0 Å². The van der Waals surface area contributed by atoms with E-state index in [2.05, 4.69) is 10.2 Å². The first-order valence-corrected chi connectivity index (χ1v) is 8.56. The molecule has 0 atom stereocenters. The van der Waals surface area contributed by atoms with E-state index in [0.29, 0.717) is 20.9 Å². The van der Waals surface area contributed by atoms with Crippen LogP contribution in [0.3, 0.4) is 0 Å². The second-order valence-electron chi connectivity index (χ2n) is 5.77. The van der Waals surface area contributed by atoms with Crippen molar-refractivity contribution in [1.82, 2.24) is 14.6 Å². The van der Waals surface area contributed by atoms with Gasteiger partial charge in [-0.25, -0.2) is 4.40 Å². The minimum atomic E-state index is -0.457. The quantitative estimate of drug-likeness (QED) is 0.412. The molecule has 0 spiro atoms.